The summed E-state index contributed by atoms with van der Waals surface area (Å²) in [5.41, 5.74) is 0.900. The molecule has 1 rings (SSSR count). The van der Waals surface area contributed by atoms with Crippen LogP contribution < -0.4 is 5.32 Å². The van der Waals surface area contributed by atoms with E-state index in [1.54, 1.807) is 12.4 Å². The maximum Gasteiger partial charge on any atom is 0.224 e. The first-order valence-corrected chi connectivity index (χ1v) is 5.92. The minimum atomic E-state index is -0.0230. The molecule has 1 amide bonds. The van der Waals surface area contributed by atoms with Gasteiger partial charge in [-0.3, -0.25) is 9.78 Å². The highest BCUT2D eigenvalue weighted by Gasteiger charge is 2.15. The Labute approximate surface area is 102 Å². The van der Waals surface area contributed by atoms with Crippen molar-refractivity contribution in [3.8, 4) is 0 Å². The summed E-state index contributed by atoms with van der Waals surface area (Å²) in [5.74, 6) is 0.296. The highest BCUT2D eigenvalue weighted by atomic mass is 16.3. The molecule has 1 aromatic rings. The first kappa shape index (κ1) is 13.6. The quantitative estimate of drug-likeness (QED) is 0.778. The Morgan fingerprint density at radius 2 is 2.29 bits per heavy atom. The summed E-state index contributed by atoms with van der Waals surface area (Å²) in [6.45, 7) is 4.16. The van der Waals surface area contributed by atoms with Crippen molar-refractivity contribution in [2.45, 2.75) is 32.7 Å². The molecule has 4 heteroatoms. The molecule has 0 aliphatic carbocycles. The van der Waals surface area contributed by atoms with E-state index in [1.807, 2.05) is 26.0 Å². The molecule has 94 valence electrons. The molecular formula is C13H20N2O2. The summed E-state index contributed by atoms with van der Waals surface area (Å²) in [6.07, 6.45) is 4.30. The number of carbonyl (C=O) groups is 1. The third-order valence-electron chi connectivity index (χ3n) is 2.68. The smallest absolute Gasteiger partial charge is 0.224 e. The molecule has 4 nitrogen and oxygen atoms in total. The molecule has 0 radical (unpaired) electrons. The third kappa shape index (κ3) is 4.95. The van der Waals surface area contributed by atoms with Crippen LogP contribution in [0, 0.1) is 5.92 Å². The maximum atomic E-state index is 11.8. The van der Waals surface area contributed by atoms with Gasteiger partial charge in [-0.05, 0) is 24.0 Å². The normalized spacial score (nSPS) is 12.5. The van der Waals surface area contributed by atoms with Crippen molar-refractivity contribution in [3.63, 3.8) is 0 Å². The number of rotatable bonds is 6. The van der Waals surface area contributed by atoms with E-state index in [4.69, 9.17) is 5.11 Å². The van der Waals surface area contributed by atoms with Crippen LogP contribution in [-0.2, 0) is 11.2 Å². The van der Waals surface area contributed by atoms with Gasteiger partial charge in [0.15, 0.2) is 0 Å². The van der Waals surface area contributed by atoms with Gasteiger partial charge in [0.1, 0.15) is 0 Å². The van der Waals surface area contributed by atoms with Crippen LogP contribution in [0.15, 0.2) is 24.5 Å². The Morgan fingerprint density at radius 3 is 2.82 bits per heavy atom. The zero-order chi connectivity index (χ0) is 12.7. The van der Waals surface area contributed by atoms with Crippen molar-refractivity contribution in [2.24, 2.45) is 5.92 Å². The first-order chi connectivity index (χ1) is 8.13. The van der Waals surface area contributed by atoms with Crippen LogP contribution >= 0.6 is 0 Å². The Balaban J connectivity index is 2.48. The van der Waals surface area contributed by atoms with Gasteiger partial charge < -0.3 is 10.4 Å². The topological polar surface area (TPSA) is 62.2 Å². The van der Waals surface area contributed by atoms with Gasteiger partial charge in [0.2, 0.25) is 5.91 Å². The number of aliphatic hydroxyl groups is 1. The number of carbonyl (C=O) groups excluding carboxylic acids is 1. The van der Waals surface area contributed by atoms with Gasteiger partial charge in [-0.15, -0.1) is 0 Å². The number of aromatic nitrogens is 1. The van der Waals surface area contributed by atoms with E-state index in [-0.39, 0.29) is 18.6 Å². The van der Waals surface area contributed by atoms with Crippen LogP contribution in [-0.4, -0.2) is 28.6 Å². The molecule has 17 heavy (non-hydrogen) atoms. The van der Waals surface area contributed by atoms with Crippen LogP contribution in [0.4, 0.5) is 0 Å². The lowest BCUT2D eigenvalue weighted by Crippen LogP contribution is -2.40. The SMILES string of the molecule is CC(C)C(CCO)NC(=O)Cc1cccnc1. The molecule has 0 aromatic carbocycles. The largest absolute Gasteiger partial charge is 0.396 e. The number of amides is 1. The number of nitrogens with zero attached hydrogens (tertiary/aromatic N) is 1. The zero-order valence-electron chi connectivity index (χ0n) is 10.4. The fourth-order valence-electron chi connectivity index (χ4n) is 1.66. The van der Waals surface area contributed by atoms with E-state index < -0.39 is 0 Å². The van der Waals surface area contributed by atoms with E-state index in [2.05, 4.69) is 10.3 Å². The van der Waals surface area contributed by atoms with Gasteiger partial charge in [0.25, 0.3) is 0 Å². The molecule has 1 unspecified atom stereocenters. The van der Waals surface area contributed by atoms with Gasteiger partial charge >= 0.3 is 0 Å². The summed E-state index contributed by atoms with van der Waals surface area (Å²) in [7, 11) is 0. The van der Waals surface area contributed by atoms with Crippen molar-refractivity contribution in [1.82, 2.24) is 10.3 Å². The lowest BCUT2D eigenvalue weighted by molar-refractivity contribution is -0.121. The summed E-state index contributed by atoms with van der Waals surface area (Å²) in [5, 5.41) is 11.9. The molecule has 0 aliphatic rings. The second-order valence-electron chi connectivity index (χ2n) is 4.47. The van der Waals surface area contributed by atoms with Crippen molar-refractivity contribution >= 4 is 5.91 Å². The highest BCUT2D eigenvalue weighted by Crippen LogP contribution is 2.06. The van der Waals surface area contributed by atoms with Gasteiger partial charge in [-0.2, -0.15) is 0 Å². The molecule has 0 bridgehead atoms. The standard InChI is InChI=1S/C13H20N2O2/c1-10(2)12(5-7-16)15-13(17)8-11-4-3-6-14-9-11/h3-4,6,9-10,12,16H,5,7-8H2,1-2H3,(H,15,17). The van der Waals surface area contributed by atoms with E-state index in [0.717, 1.165) is 5.56 Å². The summed E-state index contributed by atoms with van der Waals surface area (Å²) >= 11 is 0. The predicted octanol–water partition coefficient (Wildman–Crippen LogP) is 1.15. The number of hydrogen-bond donors (Lipinski definition) is 2. The Bertz CT molecular complexity index is 339. The minimum Gasteiger partial charge on any atom is -0.396 e. The molecular weight excluding hydrogens is 216 g/mol. The molecule has 0 saturated heterocycles. The number of nitrogens with one attached hydrogen (secondary N) is 1. The number of pyridine rings is 1. The average molecular weight is 236 g/mol. The van der Waals surface area contributed by atoms with Gasteiger partial charge in [-0.1, -0.05) is 19.9 Å². The lowest BCUT2D eigenvalue weighted by Gasteiger charge is -2.21. The average Bonchev–Trinajstić information content (AvgIpc) is 2.29. The maximum absolute atomic E-state index is 11.8. The fraction of sp³-hybridized carbons (Fsp3) is 0.538. The van der Waals surface area contributed by atoms with Crippen molar-refractivity contribution in [3.05, 3.63) is 30.1 Å². The van der Waals surface area contributed by atoms with E-state index in [9.17, 15) is 4.79 Å². The van der Waals surface area contributed by atoms with Crippen molar-refractivity contribution in [2.75, 3.05) is 6.61 Å². The van der Waals surface area contributed by atoms with Crippen LogP contribution in [0.2, 0.25) is 0 Å². The number of hydrogen-bond acceptors (Lipinski definition) is 3. The molecule has 0 aliphatic heterocycles. The second kappa shape index (κ2) is 7.01. The van der Waals surface area contributed by atoms with Crippen LogP contribution in [0.25, 0.3) is 0 Å². The molecule has 0 fully saturated rings. The Kier molecular flexibility index (Phi) is 5.63. The van der Waals surface area contributed by atoms with Gasteiger partial charge in [-0.25, -0.2) is 0 Å². The zero-order valence-corrected chi connectivity index (χ0v) is 10.4. The first-order valence-electron chi connectivity index (χ1n) is 5.92. The molecule has 2 N–H and O–H groups in total. The second-order valence-corrected chi connectivity index (χ2v) is 4.47. The minimum absolute atomic E-state index is 0.0230. The van der Waals surface area contributed by atoms with E-state index >= 15 is 0 Å². The molecule has 0 spiro atoms. The molecule has 1 aromatic heterocycles. The van der Waals surface area contributed by atoms with Crippen molar-refractivity contribution < 1.29 is 9.90 Å². The van der Waals surface area contributed by atoms with Gasteiger partial charge in [0.05, 0.1) is 6.42 Å². The molecule has 1 atom stereocenters. The van der Waals surface area contributed by atoms with Crippen molar-refractivity contribution in [1.29, 1.82) is 0 Å². The van der Waals surface area contributed by atoms with Crippen LogP contribution in [0.5, 0.6) is 0 Å². The number of aliphatic hydroxyl groups excluding tert-OH is 1. The lowest BCUT2D eigenvalue weighted by atomic mass is 10.0. The predicted molar refractivity (Wildman–Crippen MR) is 66.4 cm³/mol. The van der Waals surface area contributed by atoms with Gasteiger partial charge in [0, 0.05) is 25.0 Å². The van der Waals surface area contributed by atoms with E-state index in [0.29, 0.717) is 18.8 Å². The third-order valence-corrected chi connectivity index (χ3v) is 2.68. The molecule has 0 saturated carbocycles. The highest BCUT2D eigenvalue weighted by molar-refractivity contribution is 5.78. The molecule has 1 heterocycles. The summed E-state index contributed by atoms with van der Waals surface area (Å²) in [4.78, 5) is 15.7. The fourth-order valence-corrected chi connectivity index (χ4v) is 1.66. The summed E-state index contributed by atoms with van der Waals surface area (Å²) in [6, 6.07) is 3.73. The summed E-state index contributed by atoms with van der Waals surface area (Å²) < 4.78 is 0. The van der Waals surface area contributed by atoms with Crippen LogP contribution in [0.3, 0.4) is 0 Å². The Morgan fingerprint density at radius 1 is 1.53 bits per heavy atom. The van der Waals surface area contributed by atoms with Crippen LogP contribution in [0.1, 0.15) is 25.8 Å². The monoisotopic (exact) mass is 236 g/mol. The Hall–Kier alpha value is -1.42. The van der Waals surface area contributed by atoms with E-state index in [1.165, 1.54) is 0 Å².